The van der Waals surface area contributed by atoms with Crippen LogP contribution in [0.1, 0.15) is 0 Å². The molecule has 0 aromatic rings. The van der Waals surface area contributed by atoms with Gasteiger partial charge >= 0.3 is 10.2 Å². The van der Waals surface area contributed by atoms with Gasteiger partial charge in [-0.25, -0.2) is 4.72 Å². The van der Waals surface area contributed by atoms with E-state index in [1.165, 1.54) is 4.31 Å². The SMILES string of the molecule is O=CNS(=O)(=O)N1CCNCC1. The summed E-state index contributed by atoms with van der Waals surface area (Å²) in [6.45, 7) is 2.06. The van der Waals surface area contributed by atoms with Gasteiger partial charge in [0.1, 0.15) is 0 Å². The third kappa shape index (κ3) is 2.16. The Hall–Kier alpha value is -0.660. The van der Waals surface area contributed by atoms with Crippen molar-refractivity contribution in [2.45, 2.75) is 0 Å². The molecule has 1 fully saturated rings. The number of hydrogen-bond donors (Lipinski definition) is 2. The van der Waals surface area contributed by atoms with Gasteiger partial charge in [-0.05, 0) is 0 Å². The number of nitrogens with zero attached hydrogens (tertiary/aromatic N) is 1. The Balaban J connectivity index is 2.60. The molecule has 1 heterocycles. The number of amides is 1. The topological polar surface area (TPSA) is 78.5 Å². The molecule has 0 atom stereocenters. The molecule has 0 aliphatic carbocycles. The monoisotopic (exact) mass is 193 g/mol. The van der Waals surface area contributed by atoms with Gasteiger partial charge in [-0.15, -0.1) is 0 Å². The number of nitrogens with one attached hydrogen (secondary N) is 2. The molecule has 7 heteroatoms. The Morgan fingerprint density at radius 3 is 2.42 bits per heavy atom. The second kappa shape index (κ2) is 3.83. The summed E-state index contributed by atoms with van der Waals surface area (Å²) in [4.78, 5) is 9.93. The maximum atomic E-state index is 11.1. The summed E-state index contributed by atoms with van der Waals surface area (Å²) in [5.74, 6) is 0. The van der Waals surface area contributed by atoms with Gasteiger partial charge in [-0.3, -0.25) is 4.79 Å². The van der Waals surface area contributed by atoms with Crippen molar-refractivity contribution in [3.8, 4) is 0 Å². The molecule has 70 valence electrons. The summed E-state index contributed by atoms with van der Waals surface area (Å²) in [6, 6.07) is 0. The fourth-order valence-corrected chi connectivity index (χ4v) is 1.95. The molecule has 0 bridgehead atoms. The predicted octanol–water partition coefficient (Wildman–Crippen LogP) is -2.12. The third-order valence-electron chi connectivity index (χ3n) is 1.61. The highest BCUT2D eigenvalue weighted by atomic mass is 32.2. The van der Waals surface area contributed by atoms with Gasteiger partial charge in [-0.1, -0.05) is 0 Å². The van der Waals surface area contributed by atoms with Crippen LogP contribution in [0.2, 0.25) is 0 Å². The first-order valence-corrected chi connectivity index (χ1v) is 5.02. The van der Waals surface area contributed by atoms with E-state index in [1.807, 2.05) is 0 Å². The first-order valence-electron chi connectivity index (χ1n) is 3.58. The highest BCUT2D eigenvalue weighted by Crippen LogP contribution is 1.97. The Bertz CT molecular complexity index is 245. The lowest BCUT2D eigenvalue weighted by Crippen LogP contribution is -2.50. The average molecular weight is 193 g/mol. The zero-order valence-corrected chi connectivity index (χ0v) is 7.30. The normalized spacial score (nSPS) is 20.3. The van der Waals surface area contributed by atoms with Gasteiger partial charge in [0.05, 0.1) is 0 Å². The minimum absolute atomic E-state index is 0.178. The molecular formula is C5H11N3O3S. The van der Waals surface area contributed by atoms with Gasteiger partial charge in [0.2, 0.25) is 6.41 Å². The minimum Gasteiger partial charge on any atom is -0.314 e. The molecule has 1 aliphatic heterocycles. The maximum Gasteiger partial charge on any atom is 0.303 e. The zero-order chi connectivity index (χ0) is 9.03. The summed E-state index contributed by atoms with van der Waals surface area (Å²) >= 11 is 0. The van der Waals surface area contributed by atoms with E-state index >= 15 is 0 Å². The van der Waals surface area contributed by atoms with Crippen LogP contribution in [0.15, 0.2) is 0 Å². The molecule has 0 radical (unpaired) electrons. The van der Waals surface area contributed by atoms with Gasteiger partial charge in [0, 0.05) is 26.2 Å². The fraction of sp³-hybridized carbons (Fsp3) is 0.800. The Labute approximate surface area is 71.1 Å². The quantitative estimate of drug-likeness (QED) is 0.502. The number of piperazine rings is 1. The predicted molar refractivity (Wildman–Crippen MR) is 42.6 cm³/mol. The second-order valence-electron chi connectivity index (χ2n) is 2.39. The molecule has 1 amide bonds. The van der Waals surface area contributed by atoms with E-state index in [4.69, 9.17) is 0 Å². The van der Waals surface area contributed by atoms with E-state index in [0.717, 1.165) is 0 Å². The molecule has 0 saturated carbocycles. The van der Waals surface area contributed by atoms with E-state index in [2.05, 4.69) is 5.32 Å². The van der Waals surface area contributed by atoms with Crippen LogP contribution in [-0.4, -0.2) is 45.3 Å². The van der Waals surface area contributed by atoms with E-state index in [0.29, 0.717) is 26.2 Å². The Morgan fingerprint density at radius 2 is 1.92 bits per heavy atom. The van der Waals surface area contributed by atoms with Gasteiger partial charge in [0.15, 0.2) is 0 Å². The van der Waals surface area contributed by atoms with Crippen molar-refractivity contribution < 1.29 is 13.2 Å². The third-order valence-corrected chi connectivity index (χ3v) is 3.05. The number of rotatable bonds is 3. The molecule has 1 aliphatic rings. The first-order chi connectivity index (χ1) is 5.67. The number of carbonyl (C=O) groups is 1. The molecule has 1 rings (SSSR count). The van der Waals surface area contributed by atoms with E-state index in [1.54, 1.807) is 4.72 Å². The van der Waals surface area contributed by atoms with E-state index in [-0.39, 0.29) is 6.41 Å². The summed E-state index contributed by atoms with van der Waals surface area (Å²) in [5, 5.41) is 3.01. The van der Waals surface area contributed by atoms with Gasteiger partial charge in [-0.2, -0.15) is 12.7 Å². The maximum absolute atomic E-state index is 11.1. The highest BCUT2D eigenvalue weighted by molar-refractivity contribution is 7.87. The van der Waals surface area contributed by atoms with Crippen LogP contribution in [0.25, 0.3) is 0 Å². The molecule has 12 heavy (non-hydrogen) atoms. The Morgan fingerprint density at radius 1 is 1.33 bits per heavy atom. The number of carbonyl (C=O) groups excluding carboxylic acids is 1. The average Bonchev–Trinajstić information content (AvgIpc) is 2.06. The summed E-state index contributed by atoms with van der Waals surface area (Å²) in [6.07, 6.45) is 0.178. The smallest absolute Gasteiger partial charge is 0.303 e. The highest BCUT2D eigenvalue weighted by Gasteiger charge is 2.22. The van der Waals surface area contributed by atoms with Gasteiger partial charge in [0.25, 0.3) is 0 Å². The van der Waals surface area contributed by atoms with E-state index < -0.39 is 10.2 Å². The van der Waals surface area contributed by atoms with Crippen LogP contribution in [0.5, 0.6) is 0 Å². The molecular weight excluding hydrogens is 182 g/mol. The second-order valence-corrected chi connectivity index (χ2v) is 4.09. The van der Waals surface area contributed by atoms with Crippen LogP contribution in [0, 0.1) is 0 Å². The largest absolute Gasteiger partial charge is 0.314 e. The minimum atomic E-state index is -3.56. The lowest BCUT2D eigenvalue weighted by atomic mass is 10.4. The summed E-state index contributed by atoms with van der Waals surface area (Å²) < 4.78 is 25.3. The van der Waals surface area contributed by atoms with Crippen molar-refractivity contribution in [2.75, 3.05) is 26.2 Å². The zero-order valence-electron chi connectivity index (χ0n) is 6.49. The molecule has 1 saturated heterocycles. The number of hydrogen-bond acceptors (Lipinski definition) is 4. The van der Waals surface area contributed by atoms with Crippen molar-refractivity contribution in [1.82, 2.24) is 14.3 Å². The van der Waals surface area contributed by atoms with Crippen LogP contribution >= 0.6 is 0 Å². The van der Waals surface area contributed by atoms with Crippen molar-refractivity contribution in [3.63, 3.8) is 0 Å². The molecule has 0 aromatic carbocycles. The van der Waals surface area contributed by atoms with Crippen LogP contribution in [0.4, 0.5) is 0 Å². The standard InChI is InChI=1S/C5H11N3O3S/c9-5-7-12(10,11)8-3-1-6-2-4-8/h5-6H,1-4H2,(H,7,9). The van der Waals surface area contributed by atoms with Crippen molar-refractivity contribution in [3.05, 3.63) is 0 Å². The van der Waals surface area contributed by atoms with Crippen LogP contribution in [0.3, 0.4) is 0 Å². The summed E-state index contributed by atoms with van der Waals surface area (Å²) in [7, 11) is -3.56. The fourth-order valence-electron chi connectivity index (χ4n) is 1.02. The van der Waals surface area contributed by atoms with Crippen molar-refractivity contribution in [2.24, 2.45) is 0 Å². The van der Waals surface area contributed by atoms with Crippen molar-refractivity contribution >= 4 is 16.6 Å². The first kappa shape index (κ1) is 9.43. The van der Waals surface area contributed by atoms with Crippen LogP contribution < -0.4 is 10.0 Å². The molecule has 6 nitrogen and oxygen atoms in total. The lowest BCUT2D eigenvalue weighted by molar-refractivity contribution is -0.108. The molecule has 0 spiro atoms. The lowest BCUT2D eigenvalue weighted by Gasteiger charge is -2.25. The van der Waals surface area contributed by atoms with Crippen molar-refractivity contribution in [1.29, 1.82) is 0 Å². The van der Waals surface area contributed by atoms with E-state index in [9.17, 15) is 13.2 Å². The Kier molecular flexibility index (Phi) is 3.01. The molecule has 0 unspecified atom stereocenters. The molecule has 0 aromatic heterocycles. The summed E-state index contributed by atoms with van der Waals surface area (Å²) in [5.41, 5.74) is 0. The molecule has 2 N–H and O–H groups in total. The van der Waals surface area contributed by atoms with Crippen LogP contribution in [-0.2, 0) is 15.0 Å². The van der Waals surface area contributed by atoms with Gasteiger partial charge < -0.3 is 5.32 Å².